The van der Waals surface area contributed by atoms with Crippen LogP contribution in [-0.2, 0) is 14.4 Å². The first kappa shape index (κ1) is 22.5. The largest absolute Gasteiger partial charge is 0.326 e. The number of hydrogen-bond donors (Lipinski definition) is 3. The SMILES string of the molecule is CCCCC(=O)Nc1ccc(SC(C)C(=O)Nc2ccc(NC(C)=O)cc2)cc1. The minimum atomic E-state index is -0.296. The molecule has 2 aromatic carbocycles. The second-order valence-corrected chi connectivity index (χ2v) is 8.10. The van der Waals surface area contributed by atoms with E-state index in [0.717, 1.165) is 23.4 Å². The number of hydrogen-bond acceptors (Lipinski definition) is 4. The molecule has 0 aliphatic carbocycles. The topological polar surface area (TPSA) is 87.3 Å². The molecule has 0 bridgehead atoms. The Balaban J connectivity index is 1.85. The molecule has 2 rings (SSSR count). The van der Waals surface area contributed by atoms with Crippen LogP contribution in [0.25, 0.3) is 0 Å². The highest BCUT2D eigenvalue weighted by molar-refractivity contribution is 8.00. The molecule has 0 heterocycles. The quantitative estimate of drug-likeness (QED) is 0.511. The highest BCUT2D eigenvalue weighted by Crippen LogP contribution is 2.26. The lowest BCUT2D eigenvalue weighted by Crippen LogP contribution is -2.22. The van der Waals surface area contributed by atoms with Crippen LogP contribution >= 0.6 is 11.8 Å². The molecule has 0 spiro atoms. The maximum absolute atomic E-state index is 12.4. The van der Waals surface area contributed by atoms with Gasteiger partial charge in [0.05, 0.1) is 5.25 Å². The summed E-state index contributed by atoms with van der Waals surface area (Å²) in [7, 11) is 0. The summed E-state index contributed by atoms with van der Waals surface area (Å²) in [5.41, 5.74) is 2.10. The lowest BCUT2D eigenvalue weighted by Gasteiger charge is -2.13. The second-order valence-electron chi connectivity index (χ2n) is 6.68. The van der Waals surface area contributed by atoms with Crippen LogP contribution in [0.5, 0.6) is 0 Å². The Morgan fingerprint density at radius 1 is 0.862 bits per heavy atom. The van der Waals surface area contributed by atoms with Crippen LogP contribution in [0.2, 0.25) is 0 Å². The summed E-state index contributed by atoms with van der Waals surface area (Å²) in [4.78, 5) is 36.2. The Morgan fingerprint density at radius 2 is 1.38 bits per heavy atom. The van der Waals surface area contributed by atoms with Crippen molar-refractivity contribution in [1.29, 1.82) is 0 Å². The zero-order valence-corrected chi connectivity index (χ0v) is 17.8. The Morgan fingerprint density at radius 3 is 1.93 bits per heavy atom. The minimum Gasteiger partial charge on any atom is -0.326 e. The van der Waals surface area contributed by atoms with Crippen LogP contribution < -0.4 is 16.0 Å². The fraction of sp³-hybridized carbons (Fsp3) is 0.318. The maximum atomic E-state index is 12.4. The molecule has 154 valence electrons. The first-order valence-electron chi connectivity index (χ1n) is 9.62. The third-order valence-electron chi connectivity index (χ3n) is 4.05. The second kappa shape index (κ2) is 11.3. The smallest absolute Gasteiger partial charge is 0.237 e. The summed E-state index contributed by atoms with van der Waals surface area (Å²) in [5, 5.41) is 8.13. The van der Waals surface area contributed by atoms with Crippen molar-refractivity contribution in [2.75, 3.05) is 16.0 Å². The molecular weight excluding hydrogens is 386 g/mol. The molecule has 3 amide bonds. The van der Waals surface area contributed by atoms with Gasteiger partial charge in [-0.15, -0.1) is 11.8 Å². The van der Waals surface area contributed by atoms with Gasteiger partial charge in [0.1, 0.15) is 0 Å². The number of thioether (sulfide) groups is 1. The monoisotopic (exact) mass is 413 g/mol. The van der Waals surface area contributed by atoms with Gasteiger partial charge in [0.15, 0.2) is 0 Å². The molecule has 3 N–H and O–H groups in total. The van der Waals surface area contributed by atoms with Gasteiger partial charge in [0.2, 0.25) is 17.7 Å². The van der Waals surface area contributed by atoms with E-state index in [4.69, 9.17) is 0 Å². The molecule has 0 aromatic heterocycles. The summed E-state index contributed by atoms with van der Waals surface area (Å²) in [6, 6.07) is 14.4. The Kier molecular flexibility index (Phi) is 8.73. The Bertz CT molecular complexity index is 835. The third kappa shape index (κ3) is 7.99. The number of anilines is 3. The van der Waals surface area contributed by atoms with Crippen molar-refractivity contribution in [1.82, 2.24) is 0 Å². The van der Waals surface area contributed by atoms with E-state index in [9.17, 15) is 14.4 Å². The molecule has 1 atom stereocenters. The summed E-state index contributed by atoms with van der Waals surface area (Å²) >= 11 is 1.44. The van der Waals surface area contributed by atoms with E-state index < -0.39 is 0 Å². The maximum Gasteiger partial charge on any atom is 0.237 e. The van der Waals surface area contributed by atoms with Crippen molar-refractivity contribution in [3.8, 4) is 0 Å². The van der Waals surface area contributed by atoms with Crippen molar-refractivity contribution in [3.05, 3.63) is 48.5 Å². The van der Waals surface area contributed by atoms with Gasteiger partial charge < -0.3 is 16.0 Å². The van der Waals surface area contributed by atoms with Gasteiger partial charge in [-0.1, -0.05) is 13.3 Å². The molecule has 1 unspecified atom stereocenters. The van der Waals surface area contributed by atoms with E-state index in [1.807, 2.05) is 31.2 Å². The zero-order valence-electron chi connectivity index (χ0n) is 17.0. The molecule has 2 aromatic rings. The van der Waals surface area contributed by atoms with E-state index in [-0.39, 0.29) is 23.0 Å². The van der Waals surface area contributed by atoms with Crippen LogP contribution in [-0.4, -0.2) is 23.0 Å². The first-order chi connectivity index (χ1) is 13.9. The number of rotatable bonds is 9. The average Bonchev–Trinajstić information content (AvgIpc) is 2.69. The average molecular weight is 414 g/mol. The Labute approximate surface area is 175 Å². The van der Waals surface area contributed by atoms with Crippen molar-refractivity contribution < 1.29 is 14.4 Å². The summed E-state index contributed by atoms with van der Waals surface area (Å²) in [6.45, 7) is 5.34. The zero-order chi connectivity index (χ0) is 21.2. The van der Waals surface area contributed by atoms with Gasteiger partial charge in [0, 0.05) is 35.3 Å². The van der Waals surface area contributed by atoms with Crippen molar-refractivity contribution in [2.24, 2.45) is 0 Å². The summed E-state index contributed by atoms with van der Waals surface area (Å²) in [6.07, 6.45) is 2.39. The number of unbranched alkanes of at least 4 members (excludes halogenated alkanes) is 1. The molecule has 0 aliphatic heterocycles. The molecule has 0 fully saturated rings. The molecule has 0 saturated carbocycles. The Hall–Kier alpha value is -2.80. The lowest BCUT2D eigenvalue weighted by atomic mass is 10.2. The first-order valence-corrected chi connectivity index (χ1v) is 10.5. The normalized spacial score (nSPS) is 11.4. The van der Waals surface area contributed by atoms with Gasteiger partial charge in [-0.05, 0) is 61.9 Å². The van der Waals surface area contributed by atoms with E-state index in [1.165, 1.54) is 18.7 Å². The fourth-order valence-electron chi connectivity index (χ4n) is 2.52. The minimum absolute atomic E-state index is 0.0181. The van der Waals surface area contributed by atoms with Crippen molar-refractivity contribution in [3.63, 3.8) is 0 Å². The summed E-state index contributed by atoms with van der Waals surface area (Å²) < 4.78 is 0. The van der Waals surface area contributed by atoms with Crippen LogP contribution in [0, 0.1) is 0 Å². The van der Waals surface area contributed by atoms with E-state index >= 15 is 0 Å². The van der Waals surface area contributed by atoms with Crippen molar-refractivity contribution in [2.45, 2.75) is 50.2 Å². The third-order valence-corrected chi connectivity index (χ3v) is 5.16. The van der Waals surface area contributed by atoms with E-state index in [2.05, 4.69) is 22.9 Å². The number of nitrogens with one attached hydrogen (secondary N) is 3. The van der Waals surface area contributed by atoms with Crippen LogP contribution in [0.1, 0.15) is 40.0 Å². The summed E-state index contributed by atoms with van der Waals surface area (Å²) in [5.74, 6) is -0.234. The molecule has 0 saturated heterocycles. The predicted molar refractivity (Wildman–Crippen MR) is 119 cm³/mol. The van der Waals surface area contributed by atoms with Crippen LogP contribution in [0.3, 0.4) is 0 Å². The number of amides is 3. The highest BCUT2D eigenvalue weighted by atomic mass is 32.2. The highest BCUT2D eigenvalue weighted by Gasteiger charge is 2.15. The molecule has 0 aliphatic rings. The number of carbonyl (C=O) groups excluding carboxylic acids is 3. The fourth-order valence-corrected chi connectivity index (χ4v) is 3.39. The predicted octanol–water partition coefficient (Wildman–Crippen LogP) is 4.89. The van der Waals surface area contributed by atoms with E-state index in [0.29, 0.717) is 17.8 Å². The molecule has 7 heteroatoms. The van der Waals surface area contributed by atoms with Gasteiger partial charge >= 0.3 is 0 Å². The lowest BCUT2D eigenvalue weighted by molar-refractivity contribution is -0.116. The number of benzene rings is 2. The van der Waals surface area contributed by atoms with Gasteiger partial charge in [-0.25, -0.2) is 0 Å². The molecule has 6 nitrogen and oxygen atoms in total. The number of carbonyl (C=O) groups is 3. The van der Waals surface area contributed by atoms with Gasteiger partial charge in [-0.2, -0.15) is 0 Å². The van der Waals surface area contributed by atoms with Crippen molar-refractivity contribution >= 4 is 46.5 Å². The standard InChI is InChI=1S/C22H27N3O3S/c1-4-5-6-21(27)24-18-11-13-20(14-12-18)29-15(2)22(28)25-19-9-7-17(8-10-19)23-16(3)26/h7-15H,4-6H2,1-3H3,(H,23,26)(H,24,27)(H,25,28). The molecular formula is C22H27N3O3S. The molecule has 0 radical (unpaired) electrons. The molecule has 29 heavy (non-hydrogen) atoms. The van der Waals surface area contributed by atoms with E-state index in [1.54, 1.807) is 24.3 Å². The van der Waals surface area contributed by atoms with Crippen LogP contribution in [0.15, 0.2) is 53.4 Å². The van der Waals surface area contributed by atoms with Crippen LogP contribution in [0.4, 0.5) is 17.1 Å². The van der Waals surface area contributed by atoms with Gasteiger partial charge in [-0.3, -0.25) is 14.4 Å². The van der Waals surface area contributed by atoms with Gasteiger partial charge in [0.25, 0.3) is 0 Å².